The average Bonchev–Trinajstić information content (AvgIpc) is 3.02. The van der Waals surface area contributed by atoms with Gasteiger partial charge >= 0.3 is 0 Å². The van der Waals surface area contributed by atoms with Crippen LogP contribution < -0.4 is 20.4 Å². The number of nitrogens with zero attached hydrogens (tertiary/aromatic N) is 5. The maximum absolute atomic E-state index is 14.4. The second-order valence-electron chi connectivity index (χ2n) is 12.9. The van der Waals surface area contributed by atoms with E-state index < -0.39 is 23.5 Å². The Labute approximate surface area is 270 Å². The van der Waals surface area contributed by atoms with Crippen molar-refractivity contribution < 1.29 is 32.5 Å². The second-order valence-corrected chi connectivity index (χ2v) is 12.9. The maximum atomic E-state index is 14.4. The van der Waals surface area contributed by atoms with E-state index in [1.807, 2.05) is 13.8 Å². The molecule has 0 atom stereocenters. The first kappa shape index (κ1) is 32.4. The van der Waals surface area contributed by atoms with Gasteiger partial charge in [0.15, 0.2) is 12.8 Å². The number of carbonyl (C=O) groups is 1. The summed E-state index contributed by atoms with van der Waals surface area (Å²) in [5.74, 6) is -3.61. The van der Waals surface area contributed by atoms with Crippen LogP contribution >= 0.6 is 0 Å². The topological polar surface area (TPSA) is 120 Å². The van der Waals surface area contributed by atoms with Gasteiger partial charge in [0.05, 0.1) is 40.9 Å². The van der Waals surface area contributed by atoms with Crippen molar-refractivity contribution in [3.05, 3.63) is 64.6 Å². The molecule has 4 heterocycles. The van der Waals surface area contributed by atoms with E-state index in [4.69, 9.17) is 15.1 Å². The molecule has 0 bridgehead atoms. The predicted octanol–water partition coefficient (Wildman–Crippen LogP) is 4.27. The number of nitriles is 1. The Bertz CT molecular complexity index is 1740. The highest BCUT2D eigenvalue weighted by Crippen LogP contribution is 2.42. The molecule has 9 nitrogen and oxygen atoms in total. The Morgan fingerprint density at radius 2 is 1.94 bits per heavy atom. The largest absolute Gasteiger partial charge is 0.482 e. The van der Waals surface area contributed by atoms with Crippen LogP contribution in [0.2, 0.25) is 0 Å². The number of carbonyl (C=O) groups excluding carboxylic acids is 1. The number of hydrogen-bond acceptors (Lipinski definition) is 7. The summed E-state index contributed by atoms with van der Waals surface area (Å²) in [4.78, 5) is 25.0. The number of halogens is 4. The number of benzene rings is 1. The standard InChI is InChI=1S/C34H35F4N7O2/c1-19(2)9-27-24(14-39)32(25(15-40)33(43-27)42-22-5-7-44(8-6-22)23-12-34(37,38)13-23)20-3-4-29-30(10-20)47-18-31(46)45(29)17-28-26(36)11-21(35)16-41-28/h3-4,10-11,15-16,19,22-23,40H,5-9,12-13,17-18H2,1-2H3,(H,42,43)/p+1. The predicted molar refractivity (Wildman–Crippen MR) is 167 cm³/mol. The van der Waals surface area contributed by atoms with Crippen LogP contribution in [0, 0.1) is 28.9 Å². The normalized spacial score (nSPS) is 18.3. The van der Waals surface area contributed by atoms with Gasteiger partial charge in [0.1, 0.15) is 29.3 Å². The fourth-order valence-corrected chi connectivity index (χ4v) is 6.61. The molecule has 0 radical (unpaired) electrons. The molecule has 1 amide bonds. The van der Waals surface area contributed by atoms with Crippen LogP contribution in [0.1, 0.15) is 62.0 Å². The zero-order valence-corrected chi connectivity index (χ0v) is 26.2. The average molecular weight is 651 g/mol. The lowest BCUT2D eigenvalue weighted by Crippen LogP contribution is -2.54. The number of pyridine rings is 2. The lowest BCUT2D eigenvalue weighted by molar-refractivity contribution is -0.127. The van der Waals surface area contributed by atoms with E-state index in [-0.39, 0.29) is 49.7 Å². The van der Waals surface area contributed by atoms with Crippen LogP contribution in [-0.4, -0.2) is 64.7 Å². The van der Waals surface area contributed by atoms with Gasteiger partial charge in [-0.3, -0.25) is 25.0 Å². The van der Waals surface area contributed by atoms with Crippen molar-refractivity contribution in [3.63, 3.8) is 0 Å². The van der Waals surface area contributed by atoms with Crippen molar-refractivity contribution in [2.45, 2.75) is 70.5 Å². The molecule has 2 aromatic heterocycles. The van der Waals surface area contributed by atoms with E-state index in [0.717, 1.165) is 19.0 Å². The fraction of sp³-hybridized carbons (Fsp3) is 0.441. The van der Waals surface area contributed by atoms with E-state index in [1.165, 1.54) is 11.1 Å². The Kier molecular flexibility index (Phi) is 8.89. The van der Waals surface area contributed by atoms with Crippen LogP contribution in [0.15, 0.2) is 30.5 Å². The highest BCUT2D eigenvalue weighted by molar-refractivity contribution is 6.00. The molecule has 47 heavy (non-hydrogen) atoms. The molecule has 246 valence electrons. The number of fused-ring (bicyclic) bond motifs is 1. The van der Waals surface area contributed by atoms with Gasteiger partial charge in [-0.1, -0.05) is 19.9 Å². The third kappa shape index (κ3) is 6.65. The smallest absolute Gasteiger partial charge is 0.265 e. The van der Waals surface area contributed by atoms with Gasteiger partial charge < -0.3 is 10.1 Å². The first-order chi connectivity index (χ1) is 22.5. The molecular formula is C34H36F4N7O2+. The van der Waals surface area contributed by atoms with E-state index in [2.05, 4.69) is 21.3 Å². The van der Waals surface area contributed by atoms with Gasteiger partial charge in [-0.15, -0.1) is 0 Å². The number of likely N-dealkylation sites (tertiary alicyclic amines) is 1. The number of anilines is 2. The maximum Gasteiger partial charge on any atom is 0.265 e. The molecule has 6 rings (SSSR count). The minimum atomic E-state index is -2.56. The Hall–Kier alpha value is -4.57. The summed E-state index contributed by atoms with van der Waals surface area (Å²) in [6.45, 7) is 4.92. The zero-order chi connectivity index (χ0) is 33.5. The van der Waals surface area contributed by atoms with E-state index in [9.17, 15) is 27.6 Å². The summed E-state index contributed by atoms with van der Waals surface area (Å²) in [5.41, 5.74) is 2.93. The number of rotatable bonds is 9. The third-order valence-corrected chi connectivity index (χ3v) is 9.03. The lowest BCUT2D eigenvalue weighted by atomic mass is 9.85. The van der Waals surface area contributed by atoms with Gasteiger partial charge in [-0.05, 0) is 42.9 Å². The summed E-state index contributed by atoms with van der Waals surface area (Å²) >= 11 is 0. The summed E-state index contributed by atoms with van der Waals surface area (Å²) in [5, 5.41) is 20.2. The van der Waals surface area contributed by atoms with Crippen molar-refractivity contribution in [1.29, 1.82) is 5.26 Å². The molecule has 0 spiro atoms. The molecule has 3 aromatic rings. The molecular weight excluding hydrogens is 614 g/mol. The van der Waals surface area contributed by atoms with Gasteiger partial charge in [0.2, 0.25) is 0 Å². The second kappa shape index (κ2) is 12.9. The van der Waals surface area contributed by atoms with Crippen molar-refractivity contribution in [1.82, 2.24) is 14.9 Å². The molecule has 2 aliphatic heterocycles. The van der Waals surface area contributed by atoms with Crippen molar-refractivity contribution >= 4 is 23.6 Å². The summed E-state index contributed by atoms with van der Waals surface area (Å²) in [6.07, 6.45) is 4.13. The Morgan fingerprint density at radius 3 is 2.57 bits per heavy atom. The monoisotopic (exact) mass is 650 g/mol. The zero-order valence-electron chi connectivity index (χ0n) is 26.2. The summed E-state index contributed by atoms with van der Waals surface area (Å²) < 4.78 is 60.6. The number of ether oxygens (including phenoxy) is 1. The molecule has 0 unspecified atom stereocenters. The molecule has 1 aromatic carbocycles. The molecule has 2 fully saturated rings. The van der Waals surface area contributed by atoms with Crippen LogP contribution in [0.3, 0.4) is 0 Å². The number of alkyl halides is 2. The van der Waals surface area contributed by atoms with Crippen molar-refractivity contribution in [2.24, 2.45) is 5.92 Å². The summed E-state index contributed by atoms with van der Waals surface area (Å²) in [6, 6.07) is 8.09. The van der Waals surface area contributed by atoms with Crippen LogP contribution in [0.5, 0.6) is 5.75 Å². The van der Waals surface area contributed by atoms with E-state index >= 15 is 0 Å². The van der Waals surface area contributed by atoms with E-state index in [0.29, 0.717) is 70.8 Å². The highest BCUT2D eigenvalue weighted by Gasteiger charge is 2.48. The van der Waals surface area contributed by atoms with Crippen molar-refractivity contribution in [3.8, 4) is 22.9 Å². The van der Waals surface area contributed by atoms with Crippen molar-refractivity contribution in [2.75, 3.05) is 29.9 Å². The quantitative estimate of drug-likeness (QED) is 0.262. The minimum absolute atomic E-state index is 0.0256. The number of aromatic nitrogens is 2. The SMILES string of the molecule is CC(C)Cc1nc(NC2CCN(C3CC(F)(F)C3)CC2)c(C=[NH2+])c(-c2ccc3c(c2)OCC(=O)N3Cc2ncc(F)cc2F)c1C#N. The molecule has 1 saturated heterocycles. The first-order valence-electron chi connectivity index (χ1n) is 15.7. The van der Waals surface area contributed by atoms with Gasteiger partial charge in [-0.2, -0.15) is 5.26 Å². The third-order valence-electron chi connectivity index (χ3n) is 9.03. The van der Waals surface area contributed by atoms with E-state index in [1.54, 1.807) is 18.2 Å². The number of nitrogens with two attached hydrogens (primary N) is 1. The molecule has 13 heteroatoms. The lowest BCUT2D eigenvalue weighted by Gasteiger charge is -2.45. The van der Waals surface area contributed by atoms with Gasteiger partial charge in [0.25, 0.3) is 11.8 Å². The molecule has 1 aliphatic carbocycles. The van der Waals surface area contributed by atoms with Crippen LogP contribution in [0.25, 0.3) is 11.1 Å². The Balaban J connectivity index is 1.33. The highest BCUT2D eigenvalue weighted by atomic mass is 19.3. The molecule has 3 N–H and O–H groups in total. The fourth-order valence-electron chi connectivity index (χ4n) is 6.61. The minimum Gasteiger partial charge on any atom is -0.482 e. The van der Waals surface area contributed by atoms with Crippen LogP contribution in [0.4, 0.5) is 29.1 Å². The van der Waals surface area contributed by atoms with Crippen LogP contribution in [-0.2, 0) is 17.8 Å². The number of amides is 1. The first-order valence-corrected chi connectivity index (χ1v) is 15.7. The number of piperidine rings is 1. The number of nitrogens with one attached hydrogen (secondary N) is 1. The van der Waals surface area contributed by atoms with Gasteiger partial charge in [0, 0.05) is 49.6 Å². The Morgan fingerprint density at radius 1 is 1.19 bits per heavy atom. The molecule has 1 saturated carbocycles. The summed E-state index contributed by atoms with van der Waals surface area (Å²) in [7, 11) is 0. The molecule has 3 aliphatic rings. The van der Waals surface area contributed by atoms with Gasteiger partial charge in [-0.25, -0.2) is 22.5 Å². The number of hydrogen-bond donors (Lipinski definition) is 2.